The largest absolute Gasteiger partial charge is 0.471 e. The second-order valence-corrected chi connectivity index (χ2v) is 2.12. The highest BCUT2D eigenvalue weighted by atomic mass is 32.1. The van der Waals surface area contributed by atoms with E-state index in [0.717, 1.165) is 0 Å². The quantitative estimate of drug-likeness (QED) is 0.309. The van der Waals surface area contributed by atoms with Crippen molar-refractivity contribution < 1.29 is 9.53 Å². The molecule has 0 aromatic rings. The number of carbonyl (C=O) groups is 1. The summed E-state index contributed by atoms with van der Waals surface area (Å²) in [4.78, 5) is 9.81. The van der Waals surface area contributed by atoms with Crippen LogP contribution in [0.4, 0.5) is 0 Å². The fourth-order valence-corrected chi connectivity index (χ4v) is 0.640. The van der Waals surface area contributed by atoms with Gasteiger partial charge < -0.3 is 10.1 Å². The zero-order chi connectivity index (χ0) is 9.23. The van der Waals surface area contributed by atoms with Crippen molar-refractivity contribution in [3.63, 3.8) is 0 Å². The van der Waals surface area contributed by atoms with Gasteiger partial charge in [0.1, 0.15) is 6.29 Å². The van der Waals surface area contributed by atoms with Gasteiger partial charge in [-0.1, -0.05) is 6.08 Å². The molecule has 0 aromatic carbocycles. The summed E-state index contributed by atoms with van der Waals surface area (Å²) in [6.07, 6.45) is 6.92. The van der Waals surface area contributed by atoms with Gasteiger partial charge in [-0.2, -0.15) is 0 Å². The fraction of sp³-hybridized carbons (Fsp3) is 0.250. The fourth-order valence-electron chi connectivity index (χ4n) is 0.454. The first-order valence-corrected chi connectivity index (χ1v) is 3.92. The maximum absolute atomic E-state index is 9.81. The second kappa shape index (κ2) is 7.94. The van der Waals surface area contributed by atoms with Crippen molar-refractivity contribution in [1.82, 2.24) is 5.32 Å². The lowest BCUT2D eigenvalue weighted by molar-refractivity contribution is -0.104. The first kappa shape index (κ1) is 10.8. The van der Waals surface area contributed by atoms with E-state index in [-0.39, 0.29) is 0 Å². The molecule has 0 heterocycles. The summed E-state index contributed by atoms with van der Waals surface area (Å²) in [6, 6.07) is 0. The van der Waals surface area contributed by atoms with Crippen molar-refractivity contribution in [2.24, 2.45) is 0 Å². The first-order valence-electron chi connectivity index (χ1n) is 3.51. The lowest BCUT2D eigenvalue weighted by atomic mass is 10.5. The predicted octanol–water partition coefficient (Wildman–Crippen LogP) is 1.17. The Balaban J connectivity index is 3.52. The Labute approximate surface area is 77.1 Å². The van der Waals surface area contributed by atoms with Gasteiger partial charge >= 0.3 is 0 Å². The highest BCUT2D eigenvalue weighted by Gasteiger charge is 1.86. The minimum atomic E-state index is 0.327. The van der Waals surface area contributed by atoms with E-state index in [4.69, 9.17) is 17.0 Å². The standard InChI is InChI=1S/C8H11NO2S/c1-2-11-8(12)9-6-4-3-5-7-10/h3-7H,2H2,1H3,(H,9,12)/b5-3+,6-4+. The van der Waals surface area contributed by atoms with Crippen molar-refractivity contribution in [1.29, 1.82) is 0 Å². The molecule has 4 heteroatoms. The van der Waals surface area contributed by atoms with Crippen LogP contribution in [0.2, 0.25) is 0 Å². The number of rotatable bonds is 4. The van der Waals surface area contributed by atoms with Crippen LogP contribution in [0.3, 0.4) is 0 Å². The molecule has 0 bridgehead atoms. The molecule has 1 N–H and O–H groups in total. The lowest BCUT2D eigenvalue weighted by Crippen LogP contribution is -2.17. The van der Waals surface area contributed by atoms with E-state index < -0.39 is 0 Å². The molecular weight excluding hydrogens is 174 g/mol. The monoisotopic (exact) mass is 185 g/mol. The Morgan fingerprint density at radius 3 is 2.83 bits per heavy atom. The molecule has 0 rings (SSSR count). The molecule has 0 saturated heterocycles. The van der Waals surface area contributed by atoms with Crippen molar-refractivity contribution in [3.8, 4) is 0 Å². The van der Waals surface area contributed by atoms with E-state index in [1.165, 1.54) is 6.08 Å². The van der Waals surface area contributed by atoms with E-state index in [9.17, 15) is 4.79 Å². The maximum atomic E-state index is 9.81. The number of ether oxygens (including phenoxy) is 1. The molecule has 0 saturated carbocycles. The molecule has 0 unspecified atom stereocenters. The maximum Gasteiger partial charge on any atom is 0.260 e. The Morgan fingerprint density at radius 2 is 2.25 bits per heavy atom. The number of allylic oxidation sites excluding steroid dienone is 3. The van der Waals surface area contributed by atoms with Crippen molar-refractivity contribution in [3.05, 3.63) is 24.4 Å². The summed E-state index contributed by atoms with van der Waals surface area (Å²) in [5.41, 5.74) is 0. The highest BCUT2D eigenvalue weighted by Crippen LogP contribution is 1.78. The van der Waals surface area contributed by atoms with Gasteiger partial charge in [-0.25, -0.2) is 0 Å². The summed E-state index contributed by atoms with van der Waals surface area (Å²) in [5, 5.41) is 3.03. The molecule has 0 radical (unpaired) electrons. The van der Waals surface area contributed by atoms with Gasteiger partial charge in [0.15, 0.2) is 0 Å². The summed E-state index contributed by atoms with van der Waals surface area (Å²) < 4.78 is 4.92. The number of carbonyl (C=O) groups excluding carboxylic acids is 1. The average Bonchev–Trinajstić information content (AvgIpc) is 2.05. The second-order valence-electron chi connectivity index (χ2n) is 1.74. The SMILES string of the molecule is CCOC(=S)N/C=C/C=C/C=O. The molecular formula is C8H11NO2S. The lowest BCUT2D eigenvalue weighted by Gasteiger charge is -2.01. The minimum absolute atomic E-state index is 0.327. The smallest absolute Gasteiger partial charge is 0.260 e. The van der Waals surface area contributed by atoms with Crippen molar-refractivity contribution in [2.75, 3.05) is 6.61 Å². The van der Waals surface area contributed by atoms with Gasteiger partial charge in [0, 0.05) is 6.20 Å². The van der Waals surface area contributed by atoms with Crippen LogP contribution in [0.1, 0.15) is 6.92 Å². The first-order chi connectivity index (χ1) is 5.81. The Hall–Kier alpha value is -1.16. The van der Waals surface area contributed by atoms with Gasteiger partial charge in [-0.05, 0) is 31.3 Å². The molecule has 12 heavy (non-hydrogen) atoms. The molecule has 0 atom stereocenters. The van der Waals surface area contributed by atoms with Gasteiger partial charge in [-0.3, -0.25) is 4.79 Å². The average molecular weight is 185 g/mol. The number of hydrogen-bond acceptors (Lipinski definition) is 3. The molecule has 0 fully saturated rings. The van der Waals surface area contributed by atoms with Crippen LogP contribution in [0.5, 0.6) is 0 Å². The molecule has 0 aliphatic carbocycles. The summed E-state index contributed by atoms with van der Waals surface area (Å²) >= 11 is 4.75. The number of hydrogen-bond donors (Lipinski definition) is 1. The van der Waals surface area contributed by atoms with E-state index in [2.05, 4.69) is 5.32 Å². The number of nitrogens with one attached hydrogen (secondary N) is 1. The molecule has 3 nitrogen and oxygen atoms in total. The van der Waals surface area contributed by atoms with E-state index in [1.807, 2.05) is 6.92 Å². The van der Waals surface area contributed by atoms with Crippen LogP contribution in [-0.2, 0) is 9.53 Å². The van der Waals surface area contributed by atoms with Crippen molar-refractivity contribution >= 4 is 23.7 Å². The minimum Gasteiger partial charge on any atom is -0.471 e. The highest BCUT2D eigenvalue weighted by molar-refractivity contribution is 7.80. The van der Waals surface area contributed by atoms with E-state index >= 15 is 0 Å². The van der Waals surface area contributed by atoms with Crippen LogP contribution < -0.4 is 5.32 Å². The third-order valence-corrected chi connectivity index (χ3v) is 1.11. The summed E-state index contributed by atoms with van der Waals surface area (Å²) in [5.74, 6) is 0. The van der Waals surface area contributed by atoms with Crippen LogP contribution in [0, 0.1) is 0 Å². The van der Waals surface area contributed by atoms with E-state index in [1.54, 1.807) is 18.4 Å². The summed E-state index contributed by atoms with van der Waals surface area (Å²) in [7, 11) is 0. The molecule has 0 spiro atoms. The van der Waals surface area contributed by atoms with Crippen LogP contribution in [0.15, 0.2) is 24.4 Å². The Bertz CT molecular complexity index is 199. The molecule has 0 aliphatic rings. The van der Waals surface area contributed by atoms with Gasteiger partial charge in [0.25, 0.3) is 5.17 Å². The number of thiocarbonyl (C=S) groups is 1. The molecule has 0 aromatic heterocycles. The molecule has 0 aliphatic heterocycles. The zero-order valence-electron chi connectivity index (χ0n) is 6.82. The summed E-state index contributed by atoms with van der Waals surface area (Å²) in [6.45, 7) is 2.40. The normalized spacial score (nSPS) is 10.4. The molecule has 0 amide bonds. The van der Waals surface area contributed by atoms with Gasteiger partial charge in [0.2, 0.25) is 0 Å². The topological polar surface area (TPSA) is 38.3 Å². The van der Waals surface area contributed by atoms with Crippen LogP contribution in [0.25, 0.3) is 0 Å². The molecule has 66 valence electrons. The third-order valence-electron chi connectivity index (χ3n) is 0.874. The van der Waals surface area contributed by atoms with E-state index in [0.29, 0.717) is 18.1 Å². The number of aldehydes is 1. The van der Waals surface area contributed by atoms with Gasteiger partial charge in [0.05, 0.1) is 6.61 Å². The Morgan fingerprint density at radius 1 is 1.50 bits per heavy atom. The van der Waals surface area contributed by atoms with Gasteiger partial charge in [-0.15, -0.1) is 0 Å². The predicted molar refractivity (Wildman–Crippen MR) is 51.7 cm³/mol. The van der Waals surface area contributed by atoms with Crippen LogP contribution >= 0.6 is 12.2 Å². The van der Waals surface area contributed by atoms with Crippen molar-refractivity contribution in [2.45, 2.75) is 6.92 Å². The third kappa shape index (κ3) is 6.95. The Kier molecular flexibility index (Phi) is 7.17. The van der Waals surface area contributed by atoms with Crippen LogP contribution in [-0.4, -0.2) is 18.1 Å². The zero-order valence-corrected chi connectivity index (χ0v) is 7.64.